The molecule has 1 fully saturated rings. The van der Waals surface area contributed by atoms with Gasteiger partial charge in [-0.1, -0.05) is 18.2 Å². The van der Waals surface area contributed by atoms with Gasteiger partial charge in [0.25, 0.3) is 0 Å². The van der Waals surface area contributed by atoms with E-state index >= 15 is 0 Å². The number of likely N-dealkylation sites (N-methyl/N-ethyl adjacent to an activating group) is 1. The number of fused-ring (bicyclic) bond motifs is 1. The predicted molar refractivity (Wildman–Crippen MR) is 128 cm³/mol. The lowest BCUT2D eigenvalue weighted by atomic mass is 9.88. The van der Waals surface area contributed by atoms with Gasteiger partial charge in [-0.05, 0) is 50.9 Å². The lowest BCUT2D eigenvalue weighted by molar-refractivity contribution is -0.00501. The van der Waals surface area contributed by atoms with Gasteiger partial charge in [-0.25, -0.2) is 0 Å². The van der Waals surface area contributed by atoms with Crippen LogP contribution in [0.15, 0.2) is 41.5 Å². The summed E-state index contributed by atoms with van der Waals surface area (Å²) in [6.07, 6.45) is 5.31. The second-order valence-corrected chi connectivity index (χ2v) is 7.51. The van der Waals surface area contributed by atoms with E-state index < -0.39 is 0 Å². The molecule has 3 rings (SSSR count). The molecule has 0 atom stereocenters. The highest BCUT2D eigenvalue weighted by atomic mass is 127. The third-order valence-electron chi connectivity index (χ3n) is 5.73. The van der Waals surface area contributed by atoms with Crippen LogP contribution in [0.1, 0.15) is 19.3 Å². The van der Waals surface area contributed by atoms with Gasteiger partial charge in [-0.15, -0.1) is 24.0 Å². The molecule has 2 N–H and O–H groups in total. The molecule has 1 aromatic heterocycles. The molecule has 6 nitrogen and oxygen atoms in total. The molecule has 2 aromatic rings. The average Bonchev–Trinajstić information content (AvgIpc) is 3.11. The van der Waals surface area contributed by atoms with Crippen molar-refractivity contribution in [2.45, 2.75) is 31.3 Å². The number of para-hydroxylation sites is 1. The lowest BCUT2D eigenvalue weighted by Gasteiger charge is -2.43. The number of nitrogens with one attached hydrogen (secondary N) is 2. The maximum atomic E-state index is 5.55. The molecule has 1 aromatic carbocycles. The summed E-state index contributed by atoms with van der Waals surface area (Å²) in [5.74, 6) is 0.875. The van der Waals surface area contributed by atoms with Crippen molar-refractivity contribution in [1.29, 1.82) is 0 Å². The zero-order valence-electron chi connectivity index (χ0n) is 17.3. The summed E-state index contributed by atoms with van der Waals surface area (Å²) in [5, 5.41) is 8.27. The molecular weight excluding hydrogens is 465 g/mol. The molecule has 0 radical (unpaired) electrons. The Morgan fingerprint density at radius 2 is 1.93 bits per heavy atom. The number of rotatable bonds is 7. The summed E-state index contributed by atoms with van der Waals surface area (Å²) in [4.78, 5) is 6.71. The van der Waals surface area contributed by atoms with Gasteiger partial charge in [0.05, 0.1) is 0 Å². The number of aromatic nitrogens is 1. The number of benzene rings is 1. The Balaban J connectivity index is 0.00000280. The fourth-order valence-corrected chi connectivity index (χ4v) is 3.79. The van der Waals surface area contributed by atoms with E-state index in [1.54, 1.807) is 0 Å². The first-order chi connectivity index (χ1) is 13.1. The van der Waals surface area contributed by atoms with E-state index in [9.17, 15) is 0 Å². The Kier molecular flexibility index (Phi) is 9.04. The van der Waals surface area contributed by atoms with Gasteiger partial charge in [0.15, 0.2) is 5.96 Å². The molecule has 1 saturated heterocycles. The first-order valence-electron chi connectivity index (χ1n) is 9.88. The Labute approximate surface area is 185 Å². The van der Waals surface area contributed by atoms with Crippen LogP contribution in [0.4, 0.5) is 0 Å². The highest BCUT2D eigenvalue weighted by molar-refractivity contribution is 14.0. The van der Waals surface area contributed by atoms with Gasteiger partial charge in [-0.2, -0.15) is 0 Å². The normalized spacial score (nSPS) is 16.8. The van der Waals surface area contributed by atoms with Crippen LogP contribution in [0.25, 0.3) is 10.9 Å². The third kappa shape index (κ3) is 5.61. The Bertz CT molecular complexity index is 752. The molecule has 156 valence electrons. The van der Waals surface area contributed by atoms with Crippen LogP contribution in [0.2, 0.25) is 0 Å². The zero-order chi connectivity index (χ0) is 19.1. The van der Waals surface area contributed by atoms with Crippen molar-refractivity contribution in [3.8, 4) is 0 Å². The first-order valence-corrected chi connectivity index (χ1v) is 9.88. The van der Waals surface area contributed by atoms with Crippen LogP contribution in [0.5, 0.6) is 0 Å². The molecule has 0 aliphatic carbocycles. The lowest BCUT2D eigenvalue weighted by Crippen LogP contribution is -2.57. The van der Waals surface area contributed by atoms with Crippen LogP contribution in [-0.2, 0) is 11.3 Å². The van der Waals surface area contributed by atoms with E-state index in [0.29, 0.717) is 0 Å². The van der Waals surface area contributed by atoms with E-state index in [0.717, 1.165) is 58.1 Å². The van der Waals surface area contributed by atoms with E-state index in [1.165, 1.54) is 10.9 Å². The highest BCUT2D eigenvalue weighted by Gasteiger charge is 2.34. The molecule has 0 bridgehead atoms. The molecule has 1 aliphatic rings. The summed E-state index contributed by atoms with van der Waals surface area (Å²) in [6.45, 7) is 4.43. The third-order valence-corrected chi connectivity index (χ3v) is 5.73. The predicted octanol–water partition coefficient (Wildman–Crippen LogP) is 2.93. The maximum Gasteiger partial charge on any atom is 0.191 e. The second kappa shape index (κ2) is 11.0. The maximum absolute atomic E-state index is 5.55. The number of nitrogens with zero attached hydrogens (tertiary/aromatic N) is 3. The van der Waals surface area contributed by atoms with Crippen LogP contribution >= 0.6 is 24.0 Å². The number of aliphatic imine (C=N–C) groups is 1. The fraction of sp³-hybridized carbons (Fsp3) is 0.571. The first kappa shape index (κ1) is 23.0. The molecule has 0 spiro atoms. The van der Waals surface area contributed by atoms with Crippen LogP contribution in [0, 0.1) is 0 Å². The molecule has 0 unspecified atom stereocenters. The quantitative estimate of drug-likeness (QED) is 0.266. The minimum Gasteiger partial charge on any atom is -0.381 e. The largest absolute Gasteiger partial charge is 0.381 e. The number of aryl methyl sites for hydroxylation is 1. The molecule has 28 heavy (non-hydrogen) atoms. The van der Waals surface area contributed by atoms with Crippen molar-refractivity contribution >= 4 is 40.8 Å². The van der Waals surface area contributed by atoms with Gasteiger partial charge >= 0.3 is 0 Å². The summed E-state index contributed by atoms with van der Waals surface area (Å²) >= 11 is 0. The zero-order valence-corrected chi connectivity index (χ0v) is 19.6. The van der Waals surface area contributed by atoms with Gasteiger partial charge in [0.2, 0.25) is 0 Å². The van der Waals surface area contributed by atoms with Crippen molar-refractivity contribution in [2.75, 3.05) is 47.4 Å². The van der Waals surface area contributed by atoms with E-state index in [1.807, 2.05) is 7.05 Å². The van der Waals surface area contributed by atoms with Crippen molar-refractivity contribution in [2.24, 2.45) is 4.99 Å². The topological polar surface area (TPSA) is 53.8 Å². The van der Waals surface area contributed by atoms with Gasteiger partial charge in [0.1, 0.15) is 0 Å². The van der Waals surface area contributed by atoms with Gasteiger partial charge in [0, 0.05) is 57.1 Å². The smallest absolute Gasteiger partial charge is 0.191 e. The van der Waals surface area contributed by atoms with Crippen LogP contribution in [0.3, 0.4) is 0 Å². The average molecular weight is 499 g/mol. The van der Waals surface area contributed by atoms with E-state index in [2.05, 4.69) is 75.7 Å². The molecule has 0 saturated carbocycles. The number of ether oxygens (including phenoxy) is 1. The molecule has 0 amide bonds. The van der Waals surface area contributed by atoms with Crippen molar-refractivity contribution in [3.63, 3.8) is 0 Å². The van der Waals surface area contributed by atoms with Crippen molar-refractivity contribution in [1.82, 2.24) is 20.1 Å². The van der Waals surface area contributed by atoms with Crippen LogP contribution in [-0.4, -0.2) is 68.4 Å². The Morgan fingerprint density at radius 1 is 1.18 bits per heavy atom. The standard InChI is InChI=1S/C21H33N5O.HI/c1-22-20(24-17-21(25(2)3)10-15-27-16-11-21)23-12-6-13-26-14-9-18-7-4-5-8-19(18)26;/h4-5,7-9,14H,6,10-13,15-17H2,1-3H3,(H2,22,23,24);1H. The summed E-state index contributed by atoms with van der Waals surface area (Å²) in [7, 11) is 6.15. The van der Waals surface area contributed by atoms with Crippen molar-refractivity contribution in [3.05, 3.63) is 36.5 Å². The summed E-state index contributed by atoms with van der Waals surface area (Å²) < 4.78 is 7.87. The molecule has 2 heterocycles. The summed E-state index contributed by atoms with van der Waals surface area (Å²) in [5.41, 5.74) is 1.44. The minimum absolute atomic E-state index is 0. The molecular formula is C21H34IN5O. The van der Waals surface area contributed by atoms with E-state index in [-0.39, 0.29) is 29.5 Å². The van der Waals surface area contributed by atoms with Gasteiger partial charge in [-0.3, -0.25) is 4.99 Å². The number of guanidine groups is 1. The highest BCUT2D eigenvalue weighted by Crippen LogP contribution is 2.25. The fourth-order valence-electron chi connectivity index (χ4n) is 3.79. The van der Waals surface area contributed by atoms with Gasteiger partial charge < -0.3 is 24.8 Å². The van der Waals surface area contributed by atoms with Crippen molar-refractivity contribution < 1.29 is 4.74 Å². The van der Waals surface area contributed by atoms with Crippen LogP contribution < -0.4 is 10.6 Å². The minimum atomic E-state index is 0. The summed E-state index contributed by atoms with van der Waals surface area (Å²) in [6, 6.07) is 10.7. The molecule has 1 aliphatic heterocycles. The monoisotopic (exact) mass is 499 g/mol. The molecule has 7 heteroatoms. The Morgan fingerprint density at radius 3 is 2.64 bits per heavy atom. The Hall–Kier alpha value is -1.32. The second-order valence-electron chi connectivity index (χ2n) is 7.51. The number of halogens is 1. The van der Waals surface area contributed by atoms with E-state index in [4.69, 9.17) is 4.74 Å². The SMILES string of the molecule is CN=C(NCCCn1ccc2ccccc21)NCC1(N(C)C)CCOCC1.I. The number of hydrogen-bond acceptors (Lipinski definition) is 3. The number of hydrogen-bond donors (Lipinski definition) is 2.